The number of aliphatic hydroxyl groups excluding tert-OH is 1. The van der Waals surface area contributed by atoms with E-state index in [1.54, 1.807) is 6.20 Å². The Morgan fingerprint density at radius 1 is 1.23 bits per heavy atom. The van der Waals surface area contributed by atoms with Crippen LogP contribution in [0.4, 0.5) is 0 Å². The first-order chi connectivity index (χ1) is 10.8. The molecule has 0 saturated carbocycles. The lowest BCUT2D eigenvalue weighted by Crippen LogP contribution is -2.26. The van der Waals surface area contributed by atoms with Crippen molar-refractivity contribution in [3.63, 3.8) is 0 Å². The van der Waals surface area contributed by atoms with E-state index in [1.807, 2.05) is 37.5 Å². The first kappa shape index (κ1) is 15.0. The van der Waals surface area contributed by atoms with Gasteiger partial charge in [0.25, 0.3) is 0 Å². The SMILES string of the molecule is CCO[C@@H]1CN(Cc2cnc(-c3ccccn3)nc2)C[C@H]1O. The summed E-state index contributed by atoms with van der Waals surface area (Å²) in [5.41, 5.74) is 1.78. The summed E-state index contributed by atoms with van der Waals surface area (Å²) in [5.74, 6) is 0.623. The molecule has 0 aromatic carbocycles. The highest BCUT2D eigenvalue weighted by atomic mass is 16.5. The van der Waals surface area contributed by atoms with Gasteiger partial charge in [-0.25, -0.2) is 9.97 Å². The zero-order valence-electron chi connectivity index (χ0n) is 12.6. The van der Waals surface area contributed by atoms with Crippen LogP contribution < -0.4 is 0 Å². The van der Waals surface area contributed by atoms with Crippen molar-refractivity contribution in [1.82, 2.24) is 19.9 Å². The van der Waals surface area contributed by atoms with Gasteiger partial charge in [-0.3, -0.25) is 9.88 Å². The largest absolute Gasteiger partial charge is 0.389 e. The van der Waals surface area contributed by atoms with E-state index in [4.69, 9.17) is 4.74 Å². The summed E-state index contributed by atoms with van der Waals surface area (Å²) >= 11 is 0. The second kappa shape index (κ2) is 6.91. The van der Waals surface area contributed by atoms with E-state index in [0.29, 0.717) is 25.5 Å². The maximum absolute atomic E-state index is 9.96. The topological polar surface area (TPSA) is 71.4 Å². The second-order valence-electron chi connectivity index (χ2n) is 5.39. The molecule has 0 aliphatic carbocycles. The van der Waals surface area contributed by atoms with Gasteiger partial charge in [-0.2, -0.15) is 0 Å². The first-order valence-electron chi connectivity index (χ1n) is 7.50. The molecule has 0 bridgehead atoms. The fraction of sp³-hybridized carbons (Fsp3) is 0.438. The molecule has 6 heteroatoms. The van der Waals surface area contributed by atoms with Crippen LogP contribution in [-0.2, 0) is 11.3 Å². The van der Waals surface area contributed by atoms with Gasteiger partial charge in [0.2, 0.25) is 0 Å². The zero-order valence-corrected chi connectivity index (χ0v) is 12.6. The number of β-amino-alcohol motifs (C(OH)–C–C–N with tert-alkyl or cyclic N) is 1. The van der Waals surface area contributed by atoms with Crippen molar-refractivity contribution < 1.29 is 9.84 Å². The van der Waals surface area contributed by atoms with Gasteiger partial charge in [-0.05, 0) is 19.1 Å². The van der Waals surface area contributed by atoms with Crippen molar-refractivity contribution in [2.75, 3.05) is 19.7 Å². The molecule has 2 atom stereocenters. The van der Waals surface area contributed by atoms with E-state index >= 15 is 0 Å². The summed E-state index contributed by atoms with van der Waals surface area (Å²) < 4.78 is 5.53. The molecule has 1 aliphatic heterocycles. The van der Waals surface area contributed by atoms with Crippen molar-refractivity contribution in [1.29, 1.82) is 0 Å². The number of ether oxygens (including phenoxy) is 1. The average molecular weight is 300 g/mol. The average Bonchev–Trinajstić information content (AvgIpc) is 2.89. The van der Waals surface area contributed by atoms with E-state index in [0.717, 1.165) is 17.8 Å². The Morgan fingerprint density at radius 3 is 2.73 bits per heavy atom. The third-order valence-electron chi connectivity index (χ3n) is 3.70. The van der Waals surface area contributed by atoms with Gasteiger partial charge in [-0.1, -0.05) is 6.07 Å². The van der Waals surface area contributed by atoms with E-state index in [-0.39, 0.29) is 6.10 Å². The Balaban J connectivity index is 1.62. The Labute approximate surface area is 129 Å². The molecule has 1 N–H and O–H groups in total. The fourth-order valence-corrected chi connectivity index (χ4v) is 2.66. The van der Waals surface area contributed by atoms with Crippen LogP contribution in [0.5, 0.6) is 0 Å². The van der Waals surface area contributed by atoms with Crippen LogP contribution in [0.3, 0.4) is 0 Å². The van der Waals surface area contributed by atoms with Gasteiger partial charge in [0, 0.05) is 50.4 Å². The Morgan fingerprint density at radius 2 is 2.05 bits per heavy atom. The Kier molecular flexibility index (Phi) is 4.72. The van der Waals surface area contributed by atoms with Crippen LogP contribution in [0.25, 0.3) is 11.5 Å². The monoisotopic (exact) mass is 300 g/mol. The van der Waals surface area contributed by atoms with Gasteiger partial charge >= 0.3 is 0 Å². The van der Waals surface area contributed by atoms with Gasteiger partial charge in [0.05, 0.1) is 12.2 Å². The summed E-state index contributed by atoms with van der Waals surface area (Å²) in [7, 11) is 0. The van der Waals surface area contributed by atoms with Crippen molar-refractivity contribution >= 4 is 0 Å². The Bertz CT molecular complexity index is 591. The molecule has 2 aromatic heterocycles. The molecular formula is C16H20N4O2. The smallest absolute Gasteiger partial charge is 0.178 e. The van der Waals surface area contributed by atoms with Gasteiger partial charge in [0.1, 0.15) is 5.69 Å². The van der Waals surface area contributed by atoms with E-state index in [1.165, 1.54) is 0 Å². The minimum Gasteiger partial charge on any atom is -0.389 e. The van der Waals surface area contributed by atoms with Gasteiger partial charge < -0.3 is 9.84 Å². The minimum absolute atomic E-state index is 0.0984. The lowest BCUT2D eigenvalue weighted by atomic mass is 10.3. The predicted molar refractivity (Wildman–Crippen MR) is 82.0 cm³/mol. The normalized spacial score (nSPS) is 22.1. The fourth-order valence-electron chi connectivity index (χ4n) is 2.66. The number of aliphatic hydroxyl groups is 1. The summed E-state index contributed by atoms with van der Waals surface area (Å²) in [6.45, 7) is 4.63. The number of aromatic nitrogens is 3. The van der Waals surface area contributed by atoms with Crippen molar-refractivity contribution in [2.45, 2.75) is 25.7 Å². The molecular weight excluding hydrogens is 280 g/mol. The van der Waals surface area contributed by atoms with Crippen LogP contribution in [0.2, 0.25) is 0 Å². The van der Waals surface area contributed by atoms with Crippen LogP contribution >= 0.6 is 0 Å². The highest BCUT2D eigenvalue weighted by molar-refractivity contribution is 5.47. The summed E-state index contributed by atoms with van der Waals surface area (Å²) in [6, 6.07) is 5.67. The summed E-state index contributed by atoms with van der Waals surface area (Å²) in [5, 5.41) is 9.96. The second-order valence-corrected chi connectivity index (χ2v) is 5.39. The molecule has 1 saturated heterocycles. The van der Waals surface area contributed by atoms with Gasteiger partial charge in [-0.15, -0.1) is 0 Å². The number of likely N-dealkylation sites (tertiary alicyclic amines) is 1. The first-order valence-corrected chi connectivity index (χ1v) is 7.50. The summed E-state index contributed by atoms with van der Waals surface area (Å²) in [4.78, 5) is 15.1. The van der Waals surface area contributed by atoms with E-state index in [9.17, 15) is 5.11 Å². The molecule has 3 heterocycles. The molecule has 22 heavy (non-hydrogen) atoms. The maximum Gasteiger partial charge on any atom is 0.178 e. The number of nitrogens with zero attached hydrogens (tertiary/aromatic N) is 4. The van der Waals surface area contributed by atoms with Crippen LogP contribution in [0, 0.1) is 0 Å². The number of pyridine rings is 1. The third-order valence-corrected chi connectivity index (χ3v) is 3.70. The lowest BCUT2D eigenvalue weighted by Gasteiger charge is -2.15. The molecule has 0 amide bonds. The highest BCUT2D eigenvalue weighted by Gasteiger charge is 2.31. The molecule has 0 radical (unpaired) electrons. The molecule has 1 fully saturated rings. The molecule has 3 rings (SSSR count). The summed E-state index contributed by atoms with van der Waals surface area (Å²) in [6.07, 6.45) is 4.84. The Hall–Kier alpha value is -1.89. The van der Waals surface area contributed by atoms with Crippen LogP contribution in [0.15, 0.2) is 36.8 Å². The molecule has 0 unspecified atom stereocenters. The third kappa shape index (κ3) is 3.47. The van der Waals surface area contributed by atoms with Crippen molar-refractivity contribution in [3.05, 3.63) is 42.4 Å². The van der Waals surface area contributed by atoms with E-state index in [2.05, 4.69) is 19.9 Å². The number of rotatable bonds is 5. The standard InChI is InChI=1S/C16H20N4O2/c1-2-22-15-11-20(10-14(15)21)9-12-7-18-16(19-8-12)13-5-3-4-6-17-13/h3-8,14-15,21H,2,9-11H2,1H3/t14-,15-/m1/s1. The van der Waals surface area contributed by atoms with Crippen LogP contribution in [-0.4, -0.2) is 56.9 Å². The predicted octanol–water partition coefficient (Wildman–Crippen LogP) is 1.12. The highest BCUT2D eigenvalue weighted by Crippen LogP contribution is 2.17. The molecule has 2 aromatic rings. The molecule has 116 valence electrons. The van der Waals surface area contributed by atoms with Crippen molar-refractivity contribution in [3.8, 4) is 11.5 Å². The van der Waals surface area contributed by atoms with Crippen LogP contribution in [0.1, 0.15) is 12.5 Å². The molecule has 6 nitrogen and oxygen atoms in total. The molecule has 0 spiro atoms. The number of hydrogen-bond donors (Lipinski definition) is 1. The molecule has 1 aliphatic rings. The van der Waals surface area contributed by atoms with E-state index < -0.39 is 6.10 Å². The minimum atomic E-state index is -0.423. The maximum atomic E-state index is 9.96. The van der Waals surface area contributed by atoms with Gasteiger partial charge in [0.15, 0.2) is 5.82 Å². The lowest BCUT2D eigenvalue weighted by molar-refractivity contribution is -0.00245. The zero-order chi connectivity index (χ0) is 15.4. The van der Waals surface area contributed by atoms with Crippen molar-refractivity contribution in [2.24, 2.45) is 0 Å². The quantitative estimate of drug-likeness (QED) is 0.892. The number of hydrogen-bond acceptors (Lipinski definition) is 6.